The van der Waals surface area contributed by atoms with Crippen molar-refractivity contribution < 1.29 is 5.11 Å². The number of fused-ring (bicyclic) bond motifs is 1. The van der Waals surface area contributed by atoms with E-state index in [1.54, 1.807) is 0 Å². The normalized spacial score (nSPS) is 18.4. The Hall–Kier alpha value is -1.80. The zero-order valence-electron chi connectivity index (χ0n) is 11.9. The minimum atomic E-state index is 0.432. The van der Waals surface area contributed by atoms with Gasteiger partial charge in [-0.2, -0.15) is 0 Å². The molecule has 0 aliphatic carbocycles. The molecule has 0 aromatic heterocycles. The second-order valence-corrected chi connectivity index (χ2v) is 5.70. The van der Waals surface area contributed by atoms with Crippen LogP contribution in [0.25, 0.3) is 0 Å². The standard InChI is InChI=1S/C18H21NO/c1-13-12-19-8-7-15-11-18(20)16(10-17(13)15)9-14-5-3-2-4-6-14/h2-6,10-11,13,19-20H,7-9,12H2,1H3/t13-/m0/s1. The van der Waals surface area contributed by atoms with E-state index in [4.69, 9.17) is 0 Å². The van der Waals surface area contributed by atoms with Gasteiger partial charge in [0.25, 0.3) is 0 Å². The Morgan fingerprint density at radius 1 is 1.20 bits per heavy atom. The number of nitrogens with one attached hydrogen (secondary N) is 1. The van der Waals surface area contributed by atoms with Crippen molar-refractivity contribution in [2.45, 2.75) is 25.7 Å². The SMILES string of the molecule is C[C@H]1CNCCc2cc(O)c(Cc3ccccc3)cc21. The van der Waals surface area contributed by atoms with E-state index >= 15 is 0 Å². The highest BCUT2D eigenvalue weighted by molar-refractivity contribution is 5.46. The Kier molecular flexibility index (Phi) is 3.75. The number of phenols is 1. The maximum absolute atomic E-state index is 10.3. The largest absolute Gasteiger partial charge is 0.508 e. The van der Waals surface area contributed by atoms with Gasteiger partial charge in [0.05, 0.1) is 0 Å². The summed E-state index contributed by atoms with van der Waals surface area (Å²) in [4.78, 5) is 0. The van der Waals surface area contributed by atoms with E-state index in [0.717, 1.165) is 31.5 Å². The summed E-state index contributed by atoms with van der Waals surface area (Å²) in [6.07, 6.45) is 1.79. The van der Waals surface area contributed by atoms with Crippen LogP contribution in [0.1, 0.15) is 35.1 Å². The molecule has 1 aliphatic heterocycles. The van der Waals surface area contributed by atoms with Gasteiger partial charge in [-0.05, 0) is 47.2 Å². The maximum atomic E-state index is 10.3. The molecule has 2 N–H and O–H groups in total. The second-order valence-electron chi connectivity index (χ2n) is 5.70. The Bertz CT molecular complexity index is 592. The predicted octanol–water partition coefficient (Wildman–Crippen LogP) is 3.23. The van der Waals surface area contributed by atoms with Crippen molar-refractivity contribution in [3.63, 3.8) is 0 Å². The maximum Gasteiger partial charge on any atom is 0.119 e. The van der Waals surface area contributed by atoms with E-state index in [1.165, 1.54) is 16.7 Å². The summed E-state index contributed by atoms with van der Waals surface area (Å²) >= 11 is 0. The molecule has 0 saturated heterocycles. The van der Waals surface area contributed by atoms with Crippen molar-refractivity contribution in [3.8, 4) is 5.75 Å². The molecule has 1 heterocycles. The molecule has 1 atom stereocenters. The fourth-order valence-electron chi connectivity index (χ4n) is 2.98. The van der Waals surface area contributed by atoms with Gasteiger partial charge < -0.3 is 10.4 Å². The van der Waals surface area contributed by atoms with Crippen molar-refractivity contribution >= 4 is 0 Å². The molecule has 2 aromatic carbocycles. The zero-order chi connectivity index (χ0) is 13.9. The first-order chi connectivity index (χ1) is 9.74. The van der Waals surface area contributed by atoms with Crippen LogP contribution in [0.15, 0.2) is 42.5 Å². The third kappa shape index (κ3) is 2.70. The Morgan fingerprint density at radius 3 is 2.80 bits per heavy atom. The first-order valence-corrected chi connectivity index (χ1v) is 7.33. The summed E-state index contributed by atoms with van der Waals surface area (Å²) in [5.41, 5.74) is 4.95. The lowest BCUT2D eigenvalue weighted by molar-refractivity contribution is 0.468. The molecule has 2 aromatic rings. The topological polar surface area (TPSA) is 32.3 Å². The Morgan fingerprint density at radius 2 is 2.00 bits per heavy atom. The second kappa shape index (κ2) is 5.68. The smallest absolute Gasteiger partial charge is 0.119 e. The molecule has 2 nitrogen and oxygen atoms in total. The zero-order valence-corrected chi connectivity index (χ0v) is 11.9. The van der Waals surface area contributed by atoms with Gasteiger partial charge in [0, 0.05) is 13.0 Å². The van der Waals surface area contributed by atoms with E-state index < -0.39 is 0 Å². The first kappa shape index (κ1) is 13.2. The minimum absolute atomic E-state index is 0.432. The molecule has 0 unspecified atom stereocenters. The molecule has 1 aliphatic rings. The number of hydrogen-bond donors (Lipinski definition) is 2. The van der Waals surface area contributed by atoms with Crippen LogP contribution in [-0.4, -0.2) is 18.2 Å². The molecule has 0 spiro atoms. The van der Waals surface area contributed by atoms with E-state index in [-0.39, 0.29) is 0 Å². The van der Waals surface area contributed by atoms with Crippen LogP contribution in [0, 0.1) is 0 Å². The molecule has 104 valence electrons. The molecule has 3 rings (SSSR count). The quantitative estimate of drug-likeness (QED) is 0.875. The fourth-order valence-corrected chi connectivity index (χ4v) is 2.98. The van der Waals surface area contributed by atoms with Gasteiger partial charge in [0.1, 0.15) is 5.75 Å². The summed E-state index contributed by atoms with van der Waals surface area (Å²) in [6.45, 7) is 4.26. The van der Waals surface area contributed by atoms with Gasteiger partial charge in [0.15, 0.2) is 0 Å². The summed E-state index contributed by atoms with van der Waals surface area (Å²) in [5, 5.41) is 13.7. The van der Waals surface area contributed by atoms with Gasteiger partial charge in [-0.15, -0.1) is 0 Å². The van der Waals surface area contributed by atoms with Crippen LogP contribution in [0.4, 0.5) is 0 Å². The van der Waals surface area contributed by atoms with Crippen molar-refractivity contribution in [3.05, 3.63) is 64.7 Å². The van der Waals surface area contributed by atoms with Crippen LogP contribution in [0.2, 0.25) is 0 Å². The molecule has 0 saturated carbocycles. The van der Waals surface area contributed by atoms with Gasteiger partial charge in [-0.3, -0.25) is 0 Å². The number of hydrogen-bond acceptors (Lipinski definition) is 2. The highest BCUT2D eigenvalue weighted by atomic mass is 16.3. The number of benzene rings is 2. The molecule has 2 heteroatoms. The van der Waals surface area contributed by atoms with Crippen LogP contribution in [0.3, 0.4) is 0 Å². The van der Waals surface area contributed by atoms with E-state index in [0.29, 0.717) is 11.7 Å². The summed E-state index contributed by atoms with van der Waals surface area (Å²) in [5.74, 6) is 0.935. The van der Waals surface area contributed by atoms with Crippen molar-refractivity contribution in [1.82, 2.24) is 5.32 Å². The lowest BCUT2D eigenvalue weighted by Crippen LogP contribution is -2.18. The van der Waals surface area contributed by atoms with Gasteiger partial charge in [-0.25, -0.2) is 0 Å². The van der Waals surface area contributed by atoms with Crippen molar-refractivity contribution in [1.29, 1.82) is 0 Å². The fraction of sp³-hybridized carbons (Fsp3) is 0.333. The lowest BCUT2D eigenvalue weighted by Gasteiger charge is -2.15. The van der Waals surface area contributed by atoms with Crippen molar-refractivity contribution in [2.75, 3.05) is 13.1 Å². The highest BCUT2D eigenvalue weighted by Gasteiger charge is 2.17. The molecule has 0 radical (unpaired) electrons. The first-order valence-electron chi connectivity index (χ1n) is 7.33. The van der Waals surface area contributed by atoms with Gasteiger partial charge in [0.2, 0.25) is 0 Å². The van der Waals surface area contributed by atoms with E-state index in [9.17, 15) is 5.11 Å². The van der Waals surface area contributed by atoms with E-state index in [2.05, 4.69) is 30.4 Å². The van der Waals surface area contributed by atoms with Crippen LogP contribution >= 0.6 is 0 Å². The van der Waals surface area contributed by atoms with Crippen LogP contribution < -0.4 is 5.32 Å². The average molecular weight is 267 g/mol. The molecule has 0 fully saturated rings. The third-order valence-electron chi connectivity index (χ3n) is 4.13. The molecular weight excluding hydrogens is 246 g/mol. The summed E-state index contributed by atoms with van der Waals surface area (Å²) in [7, 11) is 0. The summed E-state index contributed by atoms with van der Waals surface area (Å²) < 4.78 is 0. The average Bonchev–Trinajstić information content (AvgIpc) is 2.63. The van der Waals surface area contributed by atoms with Gasteiger partial charge >= 0.3 is 0 Å². The highest BCUT2D eigenvalue weighted by Crippen LogP contribution is 2.30. The van der Waals surface area contributed by atoms with Crippen LogP contribution in [0.5, 0.6) is 5.75 Å². The monoisotopic (exact) mass is 267 g/mol. The van der Waals surface area contributed by atoms with E-state index in [1.807, 2.05) is 24.3 Å². The number of phenolic OH excluding ortho intramolecular Hbond substituents is 1. The molecule has 0 amide bonds. The molecular formula is C18H21NO. The summed E-state index contributed by atoms with van der Waals surface area (Å²) in [6, 6.07) is 14.5. The number of rotatable bonds is 2. The third-order valence-corrected chi connectivity index (χ3v) is 4.13. The Balaban J connectivity index is 1.96. The minimum Gasteiger partial charge on any atom is -0.508 e. The predicted molar refractivity (Wildman–Crippen MR) is 82.3 cm³/mol. The Labute approximate surface area is 120 Å². The molecule has 20 heavy (non-hydrogen) atoms. The van der Waals surface area contributed by atoms with Gasteiger partial charge in [-0.1, -0.05) is 43.3 Å². The number of aromatic hydroxyl groups is 1. The lowest BCUT2D eigenvalue weighted by atomic mass is 9.91. The van der Waals surface area contributed by atoms with Crippen LogP contribution in [-0.2, 0) is 12.8 Å². The molecule has 0 bridgehead atoms. The van der Waals surface area contributed by atoms with Crippen molar-refractivity contribution in [2.24, 2.45) is 0 Å².